The van der Waals surface area contributed by atoms with E-state index in [-0.39, 0.29) is 6.54 Å². The number of halogens is 1. The molecule has 0 radical (unpaired) electrons. The number of nitrogens with zero attached hydrogens (tertiary/aromatic N) is 1. The summed E-state index contributed by atoms with van der Waals surface area (Å²) in [6, 6.07) is 11.2. The third-order valence-electron chi connectivity index (χ3n) is 4.12. The van der Waals surface area contributed by atoms with Gasteiger partial charge in [0.25, 0.3) is 0 Å². The van der Waals surface area contributed by atoms with Gasteiger partial charge in [0.1, 0.15) is 11.8 Å². The quantitative estimate of drug-likeness (QED) is 0.760. The van der Waals surface area contributed by atoms with E-state index in [1.165, 1.54) is 6.92 Å². The highest BCUT2D eigenvalue weighted by Crippen LogP contribution is 2.26. The van der Waals surface area contributed by atoms with Crippen molar-refractivity contribution < 1.29 is 17.9 Å². The largest absolute Gasteiger partial charge is 0.497 e. The van der Waals surface area contributed by atoms with E-state index in [1.54, 1.807) is 37.4 Å². The van der Waals surface area contributed by atoms with Crippen LogP contribution < -0.4 is 14.4 Å². The normalized spacial score (nSPS) is 12.3. The first kappa shape index (κ1) is 21.1. The van der Waals surface area contributed by atoms with Crippen LogP contribution >= 0.6 is 11.6 Å². The van der Waals surface area contributed by atoms with Crippen molar-refractivity contribution in [3.63, 3.8) is 0 Å². The highest BCUT2D eigenvalue weighted by molar-refractivity contribution is 7.92. The molecular formula is C19H23ClN2O4S. The molecule has 27 heavy (non-hydrogen) atoms. The molecule has 1 unspecified atom stereocenters. The number of aryl methyl sites for hydroxylation is 1. The lowest BCUT2D eigenvalue weighted by Crippen LogP contribution is -2.47. The Bertz CT molecular complexity index is 914. The van der Waals surface area contributed by atoms with Gasteiger partial charge in [0.15, 0.2) is 0 Å². The number of carbonyl (C=O) groups is 1. The summed E-state index contributed by atoms with van der Waals surface area (Å²) in [6.07, 6.45) is 1.06. The van der Waals surface area contributed by atoms with Crippen molar-refractivity contribution in [3.05, 3.63) is 58.6 Å². The fourth-order valence-corrected chi connectivity index (χ4v) is 3.95. The molecule has 146 valence electrons. The second kappa shape index (κ2) is 8.63. The molecule has 0 saturated carbocycles. The zero-order chi connectivity index (χ0) is 20.2. The van der Waals surface area contributed by atoms with Gasteiger partial charge < -0.3 is 10.1 Å². The van der Waals surface area contributed by atoms with Crippen LogP contribution in [0, 0.1) is 6.92 Å². The third kappa shape index (κ3) is 5.37. The van der Waals surface area contributed by atoms with Gasteiger partial charge in [-0.15, -0.1) is 0 Å². The molecular weight excluding hydrogens is 388 g/mol. The molecule has 0 aliphatic carbocycles. The summed E-state index contributed by atoms with van der Waals surface area (Å²) in [6.45, 7) is 3.64. The van der Waals surface area contributed by atoms with Crippen LogP contribution in [0.3, 0.4) is 0 Å². The maximum Gasteiger partial charge on any atom is 0.243 e. The maximum absolute atomic E-state index is 12.6. The molecule has 2 aromatic carbocycles. The van der Waals surface area contributed by atoms with E-state index in [0.29, 0.717) is 10.7 Å². The van der Waals surface area contributed by atoms with Gasteiger partial charge in [-0.2, -0.15) is 0 Å². The number of benzene rings is 2. The maximum atomic E-state index is 12.6. The number of nitrogens with one attached hydrogen (secondary N) is 1. The number of hydrogen-bond donors (Lipinski definition) is 1. The Morgan fingerprint density at radius 3 is 2.37 bits per heavy atom. The van der Waals surface area contributed by atoms with Gasteiger partial charge in [0, 0.05) is 11.6 Å². The average Bonchev–Trinajstić information content (AvgIpc) is 2.62. The topological polar surface area (TPSA) is 75.7 Å². The lowest BCUT2D eigenvalue weighted by molar-refractivity contribution is -0.122. The summed E-state index contributed by atoms with van der Waals surface area (Å²) in [7, 11) is -2.11. The molecule has 8 heteroatoms. The van der Waals surface area contributed by atoms with Gasteiger partial charge >= 0.3 is 0 Å². The number of carbonyl (C=O) groups excluding carboxylic acids is 1. The third-order valence-corrected chi connectivity index (χ3v) is 5.77. The van der Waals surface area contributed by atoms with E-state index >= 15 is 0 Å². The summed E-state index contributed by atoms with van der Waals surface area (Å²) in [4.78, 5) is 12.6. The summed E-state index contributed by atoms with van der Waals surface area (Å²) in [5, 5.41) is 3.20. The van der Waals surface area contributed by atoms with Crippen LogP contribution in [-0.4, -0.2) is 33.7 Å². The highest BCUT2D eigenvalue weighted by Gasteiger charge is 2.29. The Labute approximate surface area is 165 Å². The molecule has 0 aliphatic rings. The molecule has 1 atom stereocenters. The minimum Gasteiger partial charge on any atom is -0.497 e. The summed E-state index contributed by atoms with van der Waals surface area (Å²) in [5.74, 6) is 0.311. The van der Waals surface area contributed by atoms with Crippen LogP contribution in [0.5, 0.6) is 5.75 Å². The van der Waals surface area contributed by atoms with E-state index < -0.39 is 22.0 Å². The second-order valence-corrected chi connectivity index (χ2v) is 8.50. The van der Waals surface area contributed by atoms with E-state index in [0.717, 1.165) is 27.4 Å². The predicted molar refractivity (Wildman–Crippen MR) is 108 cm³/mol. The average molecular weight is 411 g/mol. The molecule has 0 aromatic heterocycles. The SMILES string of the molecule is COc1ccc(CNC(=O)C(C)N(c2ccc(C)c(Cl)c2)S(C)(=O)=O)cc1. The number of methoxy groups -OCH3 is 1. The highest BCUT2D eigenvalue weighted by atomic mass is 35.5. The lowest BCUT2D eigenvalue weighted by atomic mass is 10.2. The Morgan fingerprint density at radius 1 is 1.22 bits per heavy atom. The van der Waals surface area contributed by atoms with Crippen molar-refractivity contribution in [2.75, 3.05) is 17.7 Å². The van der Waals surface area contributed by atoms with E-state index in [1.807, 2.05) is 19.1 Å². The fraction of sp³-hybridized carbons (Fsp3) is 0.316. The monoisotopic (exact) mass is 410 g/mol. The second-order valence-electron chi connectivity index (χ2n) is 6.23. The van der Waals surface area contributed by atoms with Crippen LogP contribution in [0.15, 0.2) is 42.5 Å². The Balaban J connectivity index is 2.17. The minimum atomic E-state index is -3.69. The number of sulfonamides is 1. The zero-order valence-electron chi connectivity index (χ0n) is 15.7. The number of hydrogen-bond acceptors (Lipinski definition) is 4. The zero-order valence-corrected chi connectivity index (χ0v) is 17.3. The van der Waals surface area contributed by atoms with Crippen LogP contribution in [0.4, 0.5) is 5.69 Å². The van der Waals surface area contributed by atoms with Crippen LogP contribution in [0.2, 0.25) is 5.02 Å². The predicted octanol–water partition coefficient (Wildman–Crippen LogP) is 3.13. The molecule has 2 rings (SSSR count). The lowest BCUT2D eigenvalue weighted by Gasteiger charge is -2.28. The van der Waals surface area contributed by atoms with Crippen molar-refractivity contribution in [3.8, 4) is 5.75 Å². The first-order valence-electron chi connectivity index (χ1n) is 8.29. The number of ether oxygens (including phenoxy) is 1. The molecule has 0 fully saturated rings. The Kier molecular flexibility index (Phi) is 6.73. The fourth-order valence-electron chi connectivity index (χ4n) is 2.61. The van der Waals surface area contributed by atoms with Crippen molar-refractivity contribution in [2.45, 2.75) is 26.4 Å². The van der Waals surface area contributed by atoms with Crippen molar-refractivity contribution in [2.24, 2.45) is 0 Å². The smallest absolute Gasteiger partial charge is 0.243 e. The van der Waals surface area contributed by atoms with Crippen molar-refractivity contribution >= 4 is 33.2 Å². The van der Waals surface area contributed by atoms with Crippen molar-refractivity contribution in [1.82, 2.24) is 5.32 Å². The van der Waals surface area contributed by atoms with Crippen LogP contribution in [0.1, 0.15) is 18.1 Å². The molecule has 0 aliphatic heterocycles. The summed E-state index contributed by atoms with van der Waals surface area (Å²) < 4.78 is 30.8. The molecule has 0 bridgehead atoms. The van der Waals surface area contributed by atoms with Crippen molar-refractivity contribution in [1.29, 1.82) is 0 Å². The Morgan fingerprint density at radius 2 is 1.85 bits per heavy atom. The van der Waals surface area contributed by atoms with E-state index in [2.05, 4.69) is 5.32 Å². The molecule has 0 saturated heterocycles. The van der Waals surface area contributed by atoms with Gasteiger partial charge in [-0.3, -0.25) is 9.10 Å². The van der Waals surface area contributed by atoms with Gasteiger partial charge in [-0.05, 0) is 49.2 Å². The van der Waals surface area contributed by atoms with E-state index in [9.17, 15) is 13.2 Å². The summed E-state index contributed by atoms with van der Waals surface area (Å²) in [5.41, 5.74) is 2.05. The molecule has 2 aromatic rings. The molecule has 0 spiro atoms. The van der Waals surface area contributed by atoms with E-state index in [4.69, 9.17) is 16.3 Å². The van der Waals surface area contributed by atoms with Gasteiger partial charge in [0.05, 0.1) is 19.1 Å². The minimum absolute atomic E-state index is 0.277. The van der Waals surface area contributed by atoms with Crippen LogP contribution in [0.25, 0.3) is 0 Å². The van der Waals surface area contributed by atoms with Gasteiger partial charge in [-0.25, -0.2) is 8.42 Å². The first-order valence-corrected chi connectivity index (χ1v) is 10.5. The number of amides is 1. The molecule has 6 nitrogen and oxygen atoms in total. The first-order chi connectivity index (χ1) is 12.6. The molecule has 1 amide bonds. The summed E-state index contributed by atoms with van der Waals surface area (Å²) >= 11 is 6.13. The van der Waals surface area contributed by atoms with Gasteiger partial charge in [-0.1, -0.05) is 29.8 Å². The van der Waals surface area contributed by atoms with Crippen LogP contribution in [-0.2, 0) is 21.4 Å². The molecule has 1 N–H and O–H groups in total. The number of rotatable bonds is 7. The number of anilines is 1. The van der Waals surface area contributed by atoms with Gasteiger partial charge in [0.2, 0.25) is 15.9 Å². The standard InChI is InChI=1S/C19H23ClN2O4S/c1-13-5-8-16(11-18(13)20)22(27(4,24)25)14(2)19(23)21-12-15-6-9-17(26-3)10-7-15/h5-11,14H,12H2,1-4H3,(H,21,23). The Hall–Kier alpha value is -2.25. The molecule has 0 heterocycles.